The third kappa shape index (κ3) is 5.98. The number of rotatable bonds is 7. The van der Waals surface area contributed by atoms with Crippen LogP contribution in [0.3, 0.4) is 0 Å². The molecule has 1 N–H and O–H groups in total. The van der Waals surface area contributed by atoms with Crippen molar-refractivity contribution < 1.29 is 4.74 Å². The Hall–Kier alpha value is -1.13. The van der Waals surface area contributed by atoms with Crippen molar-refractivity contribution in [3.8, 4) is 0 Å². The predicted molar refractivity (Wildman–Crippen MR) is 79.6 cm³/mol. The number of nitrogens with zero attached hydrogens (tertiary/aromatic N) is 1. The summed E-state index contributed by atoms with van der Waals surface area (Å²) in [6.07, 6.45) is 0.979. The zero-order chi connectivity index (χ0) is 13.2. The quantitative estimate of drug-likeness (QED) is 0.605. The smallest absolute Gasteiger partial charge is 0.168 e. The van der Waals surface area contributed by atoms with E-state index in [2.05, 4.69) is 17.4 Å². The fourth-order valence-corrected chi connectivity index (χ4v) is 1.74. The zero-order valence-electron chi connectivity index (χ0n) is 11.2. The Morgan fingerprint density at radius 3 is 2.72 bits per heavy atom. The molecule has 0 radical (unpaired) electrons. The second-order valence-electron chi connectivity index (χ2n) is 4.12. The van der Waals surface area contributed by atoms with E-state index in [-0.39, 0.29) is 0 Å². The van der Waals surface area contributed by atoms with Gasteiger partial charge in [0.1, 0.15) is 0 Å². The summed E-state index contributed by atoms with van der Waals surface area (Å²) in [5.41, 5.74) is 1.26. The van der Waals surface area contributed by atoms with E-state index in [9.17, 15) is 0 Å². The highest BCUT2D eigenvalue weighted by Gasteiger charge is 2.03. The van der Waals surface area contributed by atoms with Gasteiger partial charge >= 0.3 is 0 Å². The normalized spacial score (nSPS) is 10.1. The monoisotopic (exact) mass is 266 g/mol. The molecule has 0 aliphatic carbocycles. The summed E-state index contributed by atoms with van der Waals surface area (Å²) >= 11 is 5.33. The molecule has 0 unspecified atom stereocenters. The lowest BCUT2D eigenvalue weighted by Gasteiger charge is -2.21. The summed E-state index contributed by atoms with van der Waals surface area (Å²) in [6, 6.07) is 10.3. The highest BCUT2D eigenvalue weighted by molar-refractivity contribution is 7.80. The van der Waals surface area contributed by atoms with Gasteiger partial charge in [-0.05, 0) is 31.1 Å². The van der Waals surface area contributed by atoms with Crippen LogP contribution < -0.4 is 5.32 Å². The Morgan fingerprint density at radius 2 is 2.06 bits per heavy atom. The van der Waals surface area contributed by atoms with Crippen molar-refractivity contribution in [1.82, 2.24) is 10.2 Å². The van der Waals surface area contributed by atoms with Gasteiger partial charge in [-0.15, -0.1) is 0 Å². The lowest BCUT2D eigenvalue weighted by molar-refractivity contribution is 0.145. The first-order valence-corrected chi connectivity index (χ1v) is 6.75. The highest BCUT2D eigenvalue weighted by atomic mass is 32.1. The molecular weight excluding hydrogens is 244 g/mol. The fraction of sp³-hybridized carbons (Fsp3) is 0.500. The van der Waals surface area contributed by atoms with Crippen molar-refractivity contribution in [2.45, 2.75) is 19.9 Å². The second-order valence-corrected chi connectivity index (χ2v) is 4.51. The minimum Gasteiger partial charge on any atom is -0.382 e. The minimum atomic E-state index is 0.776. The summed E-state index contributed by atoms with van der Waals surface area (Å²) in [6.45, 7) is 5.26. The summed E-state index contributed by atoms with van der Waals surface area (Å²) in [7, 11) is 2.00. The molecular formula is C14H22N2OS. The van der Waals surface area contributed by atoms with Crippen LogP contribution in [-0.4, -0.2) is 36.8 Å². The van der Waals surface area contributed by atoms with Crippen molar-refractivity contribution in [2.75, 3.05) is 26.8 Å². The standard InChI is InChI=1S/C14H22N2OS/c1-3-17-11-7-10-15-14(18)16(2)12-13-8-5-4-6-9-13/h4-6,8-9H,3,7,10-12H2,1-2H3,(H,15,18). The first-order chi connectivity index (χ1) is 8.74. The molecule has 1 aromatic carbocycles. The van der Waals surface area contributed by atoms with Crippen LogP contribution in [0.25, 0.3) is 0 Å². The molecule has 0 fully saturated rings. The largest absolute Gasteiger partial charge is 0.382 e. The molecule has 0 saturated heterocycles. The van der Waals surface area contributed by atoms with Crippen LogP contribution in [0.4, 0.5) is 0 Å². The molecule has 0 heterocycles. The molecule has 0 aliphatic rings. The van der Waals surface area contributed by atoms with Gasteiger partial charge in [0.05, 0.1) is 0 Å². The molecule has 18 heavy (non-hydrogen) atoms. The third-order valence-corrected chi connectivity index (χ3v) is 3.01. The topological polar surface area (TPSA) is 24.5 Å². The second kappa shape index (κ2) is 8.89. The van der Waals surface area contributed by atoms with Crippen LogP contribution in [-0.2, 0) is 11.3 Å². The molecule has 0 saturated carbocycles. The molecule has 1 rings (SSSR count). The summed E-state index contributed by atoms with van der Waals surface area (Å²) in [5, 5.41) is 4.03. The molecule has 0 aromatic heterocycles. The lowest BCUT2D eigenvalue weighted by Crippen LogP contribution is -2.37. The minimum absolute atomic E-state index is 0.776. The molecule has 3 nitrogen and oxygen atoms in total. The van der Waals surface area contributed by atoms with Crippen molar-refractivity contribution >= 4 is 17.3 Å². The molecule has 0 atom stereocenters. The lowest BCUT2D eigenvalue weighted by atomic mass is 10.2. The predicted octanol–water partition coefficient (Wildman–Crippen LogP) is 2.42. The molecule has 4 heteroatoms. The summed E-state index contributed by atoms with van der Waals surface area (Å²) in [4.78, 5) is 2.05. The first kappa shape index (κ1) is 14.9. The van der Waals surface area contributed by atoms with E-state index in [1.54, 1.807) is 0 Å². The van der Waals surface area contributed by atoms with Crippen LogP contribution in [0.1, 0.15) is 18.9 Å². The average Bonchev–Trinajstić information content (AvgIpc) is 2.39. The van der Waals surface area contributed by atoms with E-state index < -0.39 is 0 Å². The van der Waals surface area contributed by atoms with E-state index in [4.69, 9.17) is 17.0 Å². The maximum absolute atomic E-state index is 5.33. The maximum atomic E-state index is 5.33. The van der Waals surface area contributed by atoms with Crippen LogP contribution >= 0.6 is 12.2 Å². The van der Waals surface area contributed by atoms with Crippen LogP contribution in [0.15, 0.2) is 30.3 Å². The Morgan fingerprint density at radius 1 is 1.33 bits per heavy atom. The number of nitrogens with one attached hydrogen (secondary N) is 1. The average molecular weight is 266 g/mol. The van der Waals surface area contributed by atoms with Crippen LogP contribution in [0.5, 0.6) is 0 Å². The van der Waals surface area contributed by atoms with Gasteiger partial charge in [-0.25, -0.2) is 0 Å². The molecule has 1 aromatic rings. The van der Waals surface area contributed by atoms with E-state index in [1.807, 2.05) is 37.1 Å². The van der Waals surface area contributed by atoms with Gasteiger partial charge in [-0.3, -0.25) is 0 Å². The van der Waals surface area contributed by atoms with Gasteiger partial charge in [0.25, 0.3) is 0 Å². The Balaban J connectivity index is 2.21. The number of ether oxygens (including phenoxy) is 1. The van der Waals surface area contributed by atoms with Gasteiger partial charge in [0.15, 0.2) is 5.11 Å². The molecule has 0 amide bonds. The van der Waals surface area contributed by atoms with Crippen LogP contribution in [0.2, 0.25) is 0 Å². The first-order valence-electron chi connectivity index (χ1n) is 6.34. The van der Waals surface area contributed by atoms with Gasteiger partial charge in [-0.1, -0.05) is 30.3 Å². The van der Waals surface area contributed by atoms with E-state index in [0.29, 0.717) is 0 Å². The Labute approximate surface area is 115 Å². The van der Waals surface area contributed by atoms with Gasteiger partial charge < -0.3 is 15.0 Å². The van der Waals surface area contributed by atoms with Crippen molar-refractivity contribution in [2.24, 2.45) is 0 Å². The number of hydrogen-bond donors (Lipinski definition) is 1. The summed E-state index contributed by atoms with van der Waals surface area (Å²) in [5.74, 6) is 0. The van der Waals surface area contributed by atoms with Gasteiger partial charge in [0, 0.05) is 33.4 Å². The fourth-order valence-electron chi connectivity index (χ4n) is 1.58. The van der Waals surface area contributed by atoms with Crippen LogP contribution in [0, 0.1) is 0 Å². The summed E-state index contributed by atoms with van der Waals surface area (Å²) < 4.78 is 5.27. The van der Waals surface area contributed by atoms with Crippen molar-refractivity contribution in [1.29, 1.82) is 0 Å². The van der Waals surface area contributed by atoms with Crippen molar-refractivity contribution in [3.05, 3.63) is 35.9 Å². The highest BCUT2D eigenvalue weighted by Crippen LogP contribution is 2.02. The molecule has 0 spiro atoms. The number of hydrogen-bond acceptors (Lipinski definition) is 2. The maximum Gasteiger partial charge on any atom is 0.168 e. The SMILES string of the molecule is CCOCCCNC(=S)N(C)Cc1ccccc1. The van der Waals surface area contributed by atoms with E-state index >= 15 is 0 Å². The third-order valence-electron chi connectivity index (χ3n) is 2.56. The van der Waals surface area contributed by atoms with Gasteiger partial charge in [-0.2, -0.15) is 0 Å². The molecule has 0 bridgehead atoms. The Kier molecular flexibility index (Phi) is 7.37. The molecule has 100 valence electrons. The molecule has 0 aliphatic heterocycles. The zero-order valence-corrected chi connectivity index (χ0v) is 12.0. The van der Waals surface area contributed by atoms with Crippen molar-refractivity contribution in [3.63, 3.8) is 0 Å². The number of thiocarbonyl (C=S) groups is 1. The van der Waals surface area contributed by atoms with Gasteiger partial charge in [0.2, 0.25) is 0 Å². The Bertz CT molecular complexity index is 343. The van der Waals surface area contributed by atoms with E-state index in [1.165, 1.54) is 5.56 Å². The number of benzene rings is 1. The van der Waals surface area contributed by atoms with E-state index in [0.717, 1.165) is 37.8 Å².